The molecule has 8 heteroatoms. The number of nitrogens with zero attached hydrogens (tertiary/aromatic N) is 2. The van der Waals surface area contributed by atoms with Gasteiger partial charge >= 0.3 is 0 Å². The molecule has 0 radical (unpaired) electrons. The van der Waals surface area contributed by atoms with Crippen LogP contribution in [0.25, 0.3) is 5.69 Å². The van der Waals surface area contributed by atoms with Crippen LogP contribution in [0.3, 0.4) is 0 Å². The van der Waals surface area contributed by atoms with Gasteiger partial charge in [0.1, 0.15) is 5.75 Å². The van der Waals surface area contributed by atoms with Crippen molar-refractivity contribution in [3.05, 3.63) is 105 Å². The molecule has 0 saturated heterocycles. The Labute approximate surface area is 214 Å². The first-order chi connectivity index (χ1) is 17.3. The van der Waals surface area contributed by atoms with Crippen LogP contribution in [0, 0.1) is 12.8 Å². The predicted molar refractivity (Wildman–Crippen MR) is 143 cm³/mol. The molecule has 4 rings (SSSR count). The molecule has 0 bridgehead atoms. The summed E-state index contributed by atoms with van der Waals surface area (Å²) in [6, 6.07) is 21.2. The summed E-state index contributed by atoms with van der Waals surface area (Å²) in [5.74, 6) is 1.07. The molecule has 0 spiro atoms. The van der Waals surface area contributed by atoms with Gasteiger partial charge in [0.05, 0.1) is 11.9 Å². The lowest BCUT2D eigenvalue weighted by Crippen LogP contribution is -2.27. The number of aryl methyl sites for hydroxylation is 1. The van der Waals surface area contributed by atoms with Gasteiger partial charge in [0.25, 0.3) is 11.5 Å². The number of carbonyl (C=O) groups excluding carboxylic acids is 1. The van der Waals surface area contributed by atoms with E-state index in [4.69, 9.17) is 16.3 Å². The van der Waals surface area contributed by atoms with Crippen LogP contribution in [0.4, 0.5) is 11.4 Å². The van der Waals surface area contributed by atoms with E-state index in [-0.39, 0.29) is 17.3 Å². The van der Waals surface area contributed by atoms with Crippen LogP contribution in [0.2, 0.25) is 5.02 Å². The highest BCUT2D eigenvalue weighted by atomic mass is 35.5. The van der Waals surface area contributed by atoms with Gasteiger partial charge in [0, 0.05) is 22.8 Å². The number of amides is 1. The van der Waals surface area contributed by atoms with Gasteiger partial charge in [-0.25, -0.2) is 0 Å². The smallest absolute Gasteiger partial charge is 0.299 e. The molecule has 2 N–H and O–H groups in total. The average molecular weight is 503 g/mol. The summed E-state index contributed by atoms with van der Waals surface area (Å²) in [6.45, 7) is 6.63. The maximum Gasteiger partial charge on any atom is 0.299 e. The lowest BCUT2D eigenvalue weighted by Gasteiger charge is -2.15. The molecule has 1 heterocycles. The van der Waals surface area contributed by atoms with E-state index < -0.39 is 5.56 Å². The Balaban J connectivity index is 1.68. The number of carbonyl (C=O) groups is 1. The minimum absolute atomic E-state index is 0.146. The highest BCUT2D eigenvalue weighted by molar-refractivity contribution is 6.30. The van der Waals surface area contributed by atoms with E-state index in [0.717, 1.165) is 5.56 Å². The number of halogens is 1. The molecular weight excluding hydrogens is 476 g/mol. The third kappa shape index (κ3) is 6.12. The normalized spacial score (nSPS) is 10.8. The van der Waals surface area contributed by atoms with E-state index in [0.29, 0.717) is 40.2 Å². The zero-order valence-corrected chi connectivity index (χ0v) is 21.0. The summed E-state index contributed by atoms with van der Waals surface area (Å²) >= 11 is 6.01. The van der Waals surface area contributed by atoms with Crippen molar-refractivity contribution in [2.45, 2.75) is 20.8 Å². The Morgan fingerprint density at radius 3 is 2.44 bits per heavy atom. The number of ether oxygens (including phenoxy) is 1. The first-order valence-electron chi connectivity index (χ1n) is 11.6. The van der Waals surface area contributed by atoms with E-state index >= 15 is 0 Å². The fourth-order valence-electron chi connectivity index (χ4n) is 3.45. The van der Waals surface area contributed by atoms with Crippen molar-refractivity contribution in [2.75, 3.05) is 11.9 Å². The topological polar surface area (TPSA) is 85.2 Å². The molecular formula is C28H27ClN4O3. The van der Waals surface area contributed by atoms with Gasteiger partial charge in [-0.3, -0.25) is 9.59 Å². The average Bonchev–Trinajstić information content (AvgIpc) is 2.86. The summed E-state index contributed by atoms with van der Waals surface area (Å²) in [5, 5.41) is 10.9. The maximum atomic E-state index is 13.5. The molecule has 4 aromatic rings. The molecule has 0 atom stereocenters. The van der Waals surface area contributed by atoms with Gasteiger partial charge in [-0.1, -0.05) is 37.6 Å². The van der Waals surface area contributed by atoms with E-state index in [9.17, 15) is 9.59 Å². The number of benzene rings is 3. The van der Waals surface area contributed by atoms with Crippen LogP contribution in [0.5, 0.6) is 11.5 Å². The van der Waals surface area contributed by atoms with Crippen molar-refractivity contribution in [1.82, 2.24) is 15.1 Å². The number of rotatable bonds is 8. The largest absolute Gasteiger partial charge is 0.453 e. The van der Waals surface area contributed by atoms with Crippen LogP contribution < -0.4 is 20.9 Å². The minimum atomic E-state index is -0.402. The fraction of sp³-hybridized carbons (Fsp3) is 0.179. The summed E-state index contributed by atoms with van der Waals surface area (Å²) < 4.78 is 7.32. The Bertz CT molecular complexity index is 1410. The van der Waals surface area contributed by atoms with Crippen LogP contribution in [-0.4, -0.2) is 22.2 Å². The summed E-state index contributed by atoms with van der Waals surface area (Å²) in [6.07, 6.45) is 1.49. The van der Waals surface area contributed by atoms with Gasteiger partial charge in [0.2, 0.25) is 0 Å². The highest BCUT2D eigenvalue weighted by Crippen LogP contribution is 2.29. The zero-order valence-electron chi connectivity index (χ0n) is 20.3. The molecule has 36 heavy (non-hydrogen) atoms. The molecule has 0 fully saturated rings. The van der Waals surface area contributed by atoms with Crippen molar-refractivity contribution in [3.8, 4) is 17.2 Å². The fourth-order valence-corrected chi connectivity index (χ4v) is 3.58. The summed E-state index contributed by atoms with van der Waals surface area (Å²) in [4.78, 5) is 25.9. The molecule has 0 unspecified atom stereocenters. The zero-order chi connectivity index (χ0) is 25.7. The van der Waals surface area contributed by atoms with E-state index in [1.165, 1.54) is 10.9 Å². The lowest BCUT2D eigenvalue weighted by molar-refractivity contribution is 0.0949. The quantitative estimate of drug-likeness (QED) is 0.303. The standard InChI is InChI=1S/C28H27ClN4O3/c1-18(2)16-30-27(34)20-7-11-22(12-8-20)32-26-25(36-24-6-4-5-19(3)15-24)17-31-33(28(26)35)23-13-9-21(29)10-14-23/h4-15,17-18,32H,16H2,1-3H3,(H,30,34). The molecule has 0 aliphatic heterocycles. The number of hydrogen-bond donors (Lipinski definition) is 2. The van der Waals surface area contributed by atoms with Gasteiger partial charge in [-0.05, 0) is 79.1 Å². The van der Waals surface area contributed by atoms with Crippen molar-refractivity contribution in [1.29, 1.82) is 0 Å². The molecule has 0 aliphatic carbocycles. The number of aromatic nitrogens is 2. The maximum absolute atomic E-state index is 13.5. The monoisotopic (exact) mass is 502 g/mol. The Morgan fingerprint density at radius 1 is 1.06 bits per heavy atom. The van der Waals surface area contributed by atoms with Crippen LogP contribution in [0.15, 0.2) is 83.8 Å². The number of hydrogen-bond acceptors (Lipinski definition) is 5. The molecule has 1 amide bonds. The van der Waals surface area contributed by atoms with Crippen molar-refractivity contribution < 1.29 is 9.53 Å². The minimum Gasteiger partial charge on any atom is -0.453 e. The van der Waals surface area contributed by atoms with Gasteiger partial charge in [-0.15, -0.1) is 0 Å². The van der Waals surface area contributed by atoms with E-state index in [2.05, 4.69) is 15.7 Å². The van der Waals surface area contributed by atoms with E-state index in [1.807, 2.05) is 45.0 Å². The predicted octanol–water partition coefficient (Wildman–Crippen LogP) is 6.12. The highest BCUT2D eigenvalue weighted by Gasteiger charge is 2.16. The van der Waals surface area contributed by atoms with Gasteiger partial charge < -0.3 is 15.4 Å². The Morgan fingerprint density at radius 2 is 1.78 bits per heavy atom. The molecule has 184 valence electrons. The third-order valence-corrected chi connectivity index (χ3v) is 5.57. The van der Waals surface area contributed by atoms with Gasteiger partial charge in [-0.2, -0.15) is 9.78 Å². The number of anilines is 2. The summed E-state index contributed by atoms with van der Waals surface area (Å²) in [7, 11) is 0. The first kappa shape index (κ1) is 25.0. The Hall–Kier alpha value is -4.10. The first-order valence-corrected chi connectivity index (χ1v) is 12.0. The van der Waals surface area contributed by atoms with Crippen molar-refractivity contribution >= 4 is 28.9 Å². The van der Waals surface area contributed by atoms with Crippen LogP contribution >= 0.6 is 11.6 Å². The Kier molecular flexibility index (Phi) is 7.71. The molecule has 0 saturated carbocycles. The van der Waals surface area contributed by atoms with Crippen LogP contribution in [-0.2, 0) is 0 Å². The van der Waals surface area contributed by atoms with Crippen molar-refractivity contribution in [2.24, 2.45) is 5.92 Å². The van der Waals surface area contributed by atoms with Crippen LogP contribution in [0.1, 0.15) is 29.8 Å². The molecule has 1 aromatic heterocycles. The second-order valence-electron chi connectivity index (χ2n) is 8.80. The number of nitrogens with one attached hydrogen (secondary N) is 2. The second kappa shape index (κ2) is 11.1. The van der Waals surface area contributed by atoms with Crippen molar-refractivity contribution in [3.63, 3.8) is 0 Å². The summed E-state index contributed by atoms with van der Waals surface area (Å²) in [5.41, 5.74) is 2.54. The van der Waals surface area contributed by atoms with E-state index in [1.54, 1.807) is 48.5 Å². The third-order valence-electron chi connectivity index (χ3n) is 5.32. The molecule has 0 aliphatic rings. The SMILES string of the molecule is Cc1cccc(Oc2cnn(-c3ccc(Cl)cc3)c(=O)c2Nc2ccc(C(=O)NCC(C)C)cc2)c1. The van der Waals surface area contributed by atoms with Gasteiger partial charge in [0.15, 0.2) is 11.4 Å². The lowest BCUT2D eigenvalue weighted by atomic mass is 10.1. The second-order valence-corrected chi connectivity index (χ2v) is 9.24. The molecule has 7 nitrogen and oxygen atoms in total. The molecule has 3 aromatic carbocycles.